The molecule has 3 heteroatoms. The Morgan fingerprint density at radius 1 is 0.903 bits per heavy atom. The average molecular weight is 416 g/mol. The number of benzene rings is 3. The molecule has 0 amide bonds. The Morgan fingerprint density at radius 2 is 1.52 bits per heavy atom. The number of aryl methyl sites for hydroxylation is 1. The lowest BCUT2D eigenvalue weighted by Gasteiger charge is -2.30. The minimum absolute atomic E-state index is 0.348. The van der Waals surface area contributed by atoms with Gasteiger partial charge in [0.15, 0.2) is 0 Å². The summed E-state index contributed by atoms with van der Waals surface area (Å²) in [6.07, 6.45) is 3.42. The molecule has 3 aromatic carbocycles. The van der Waals surface area contributed by atoms with E-state index < -0.39 is 6.10 Å². The van der Waals surface area contributed by atoms with E-state index in [1.165, 1.54) is 5.56 Å². The standard InChI is InChI=1S/C28H33NO2/c1-3-20-29(23(2)14-15-24-10-6-4-7-11-24)21-28(30)26-16-18-27(19-17-26)31-22-25-12-8-5-9-13-25/h3-13,16-19,23,28,30H,1,14-15,20-22H2,2H3/t23-,28+/m1/s1. The van der Waals surface area contributed by atoms with Gasteiger partial charge in [-0.05, 0) is 48.6 Å². The Balaban J connectivity index is 1.53. The van der Waals surface area contributed by atoms with Crippen LogP contribution in [0, 0.1) is 0 Å². The van der Waals surface area contributed by atoms with Gasteiger partial charge in [-0.3, -0.25) is 4.90 Å². The molecule has 0 aliphatic rings. The Morgan fingerprint density at radius 3 is 2.13 bits per heavy atom. The summed E-state index contributed by atoms with van der Waals surface area (Å²) in [6.45, 7) is 7.99. The van der Waals surface area contributed by atoms with Gasteiger partial charge in [0, 0.05) is 19.1 Å². The summed E-state index contributed by atoms with van der Waals surface area (Å²) >= 11 is 0. The van der Waals surface area contributed by atoms with Crippen molar-refractivity contribution >= 4 is 0 Å². The summed E-state index contributed by atoms with van der Waals surface area (Å²) in [5.41, 5.74) is 3.38. The largest absolute Gasteiger partial charge is 0.489 e. The molecule has 0 aliphatic carbocycles. The fourth-order valence-corrected chi connectivity index (χ4v) is 3.66. The van der Waals surface area contributed by atoms with Crippen molar-refractivity contribution < 1.29 is 9.84 Å². The average Bonchev–Trinajstić information content (AvgIpc) is 2.82. The molecule has 0 bridgehead atoms. The van der Waals surface area contributed by atoms with Gasteiger partial charge in [0.25, 0.3) is 0 Å². The van der Waals surface area contributed by atoms with E-state index in [9.17, 15) is 5.11 Å². The van der Waals surface area contributed by atoms with Crippen LogP contribution in [0.4, 0.5) is 0 Å². The van der Waals surface area contributed by atoms with Crippen LogP contribution in [0.1, 0.15) is 36.1 Å². The Hall–Kier alpha value is -2.88. The van der Waals surface area contributed by atoms with Crippen LogP contribution in [0.5, 0.6) is 5.75 Å². The Kier molecular flexibility index (Phi) is 8.89. The lowest BCUT2D eigenvalue weighted by molar-refractivity contribution is 0.0964. The summed E-state index contributed by atoms with van der Waals surface area (Å²) in [5.74, 6) is 0.805. The Bertz CT molecular complexity index is 893. The van der Waals surface area contributed by atoms with E-state index in [1.54, 1.807) is 0 Å². The second-order valence-electron chi connectivity index (χ2n) is 7.97. The van der Waals surface area contributed by atoms with Crippen LogP contribution in [0.25, 0.3) is 0 Å². The highest BCUT2D eigenvalue weighted by molar-refractivity contribution is 5.29. The van der Waals surface area contributed by atoms with Crippen LogP contribution in [-0.2, 0) is 13.0 Å². The first-order chi connectivity index (χ1) is 15.2. The summed E-state index contributed by atoms with van der Waals surface area (Å²) in [6, 6.07) is 28.8. The molecule has 3 aromatic rings. The molecule has 0 fully saturated rings. The maximum Gasteiger partial charge on any atom is 0.119 e. The van der Waals surface area contributed by atoms with E-state index in [0.29, 0.717) is 19.2 Å². The normalized spacial score (nSPS) is 13.0. The number of hydrogen-bond donors (Lipinski definition) is 1. The third-order valence-corrected chi connectivity index (χ3v) is 5.60. The lowest BCUT2D eigenvalue weighted by Crippen LogP contribution is -2.37. The Labute approximate surface area is 186 Å². The van der Waals surface area contributed by atoms with E-state index in [0.717, 1.165) is 36.3 Å². The van der Waals surface area contributed by atoms with Gasteiger partial charge in [-0.25, -0.2) is 0 Å². The highest BCUT2D eigenvalue weighted by Gasteiger charge is 2.18. The van der Waals surface area contributed by atoms with Crippen molar-refractivity contribution in [3.05, 3.63) is 114 Å². The van der Waals surface area contributed by atoms with E-state index in [2.05, 4.69) is 42.7 Å². The molecule has 1 N–H and O–H groups in total. The summed E-state index contributed by atoms with van der Waals surface area (Å²) < 4.78 is 5.85. The first-order valence-electron chi connectivity index (χ1n) is 11.0. The first kappa shape index (κ1) is 22.8. The fourth-order valence-electron chi connectivity index (χ4n) is 3.66. The molecule has 0 unspecified atom stereocenters. The highest BCUT2D eigenvalue weighted by Crippen LogP contribution is 2.21. The van der Waals surface area contributed by atoms with Crippen LogP contribution in [0.2, 0.25) is 0 Å². The molecular weight excluding hydrogens is 382 g/mol. The number of aliphatic hydroxyl groups excluding tert-OH is 1. The minimum atomic E-state index is -0.553. The second-order valence-corrected chi connectivity index (χ2v) is 7.97. The summed E-state index contributed by atoms with van der Waals surface area (Å²) in [5, 5.41) is 10.8. The molecule has 0 saturated heterocycles. The molecule has 0 spiro atoms. The van der Waals surface area contributed by atoms with E-state index in [-0.39, 0.29) is 0 Å². The maximum absolute atomic E-state index is 10.8. The number of aliphatic hydroxyl groups is 1. The molecule has 3 rings (SSSR count). The molecular formula is C28H33NO2. The van der Waals surface area contributed by atoms with Crippen molar-refractivity contribution in [3.63, 3.8) is 0 Å². The lowest BCUT2D eigenvalue weighted by atomic mass is 10.0. The van der Waals surface area contributed by atoms with Crippen LogP contribution < -0.4 is 4.74 Å². The van der Waals surface area contributed by atoms with Crippen LogP contribution in [0.15, 0.2) is 97.6 Å². The zero-order valence-corrected chi connectivity index (χ0v) is 18.4. The van der Waals surface area contributed by atoms with Crippen molar-refractivity contribution in [3.8, 4) is 5.75 Å². The fraction of sp³-hybridized carbons (Fsp3) is 0.286. The van der Waals surface area contributed by atoms with Crippen molar-refractivity contribution in [2.75, 3.05) is 13.1 Å². The molecule has 0 aliphatic heterocycles. The predicted molar refractivity (Wildman–Crippen MR) is 128 cm³/mol. The highest BCUT2D eigenvalue weighted by atomic mass is 16.5. The number of nitrogens with zero attached hydrogens (tertiary/aromatic N) is 1. The smallest absolute Gasteiger partial charge is 0.119 e. The topological polar surface area (TPSA) is 32.7 Å². The SMILES string of the molecule is C=CCN(C[C@H](O)c1ccc(OCc2ccccc2)cc1)[C@H](C)CCc1ccccc1. The van der Waals surface area contributed by atoms with Crippen molar-refractivity contribution in [2.24, 2.45) is 0 Å². The second kappa shape index (κ2) is 12.1. The van der Waals surface area contributed by atoms with E-state index >= 15 is 0 Å². The number of ether oxygens (including phenoxy) is 1. The molecule has 0 heterocycles. The van der Waals surface area contributed by atoms with E-state index in [1.807, 2.05) is 66.7 Å². The van der Waals surface area contributed by atoms with Gasteiger partial charge in [-0.15, -0.1) is 6.58 Å². The molecule has 162 valence electrons. The van der Waals surface area contributed by atoms with Crippen LogP contribution in [-0.4, -0.2) is 29.1 Å². The van der Waals surface area contributed by atoms with Gasteiger partial charge in [0.05, 0.1) is 6.10 Å². The number of rotatable bonds is 12. The van der Waals surface area contributed by atoms with Gasteiger partial charge in [0.2, 0.25) is 0 Å². The zero-order chi connectivity index (χ0) is 21.9. The van der Waals surface area contributed by atoms with Crippen LogP contribution >= 0.6 is 0 Å². The van der Waals surface area contributed by atoms with Crippen molar-refractivity contribution in [1.29, 1.82) is 0 Å². The van der Waals surface area contributed by atoms with Crippen LogP contribution in [0.3, 0.4) is 0 Å². The zero-order valence-electron chi connectivity index (χ0n) is 18.4. The van der Waals surface area contributed by atoms with Gasteiger partial charge < -0.3 is 9.84 Å². The third-order valence-electron chi connectivity index (χ3n) is 5.60. The predicted octanol–water partition coefficient (Wildman–Crippen LogP) is 5.81. The monoisotopic (exact) mass is 415 g/mol. The number of hydrogen-bond acceptors (Lipinski definition) is 3. The van der Waals surface area contributed by atoms with Crippen molar-refractivity contribution in [2.45, 2.75) is 38.5 Å². The first-order valence-corrected chi connectivity index (χ1v) is 11.0. The molecule has 2 atom stereocenters. The van der Waals surface area contributed by atoms with Gasteiger partial charge in [0.1, 0.15) is 12.4 Å². The molecule has 0 radical (unpaired) electrons. The van der Waals surface area contributed by atoms with Gasteiger partial charge in [-0.1, -0.05) is 78.9 Å². The summed E-state index contributed by atoms with van der Waals surface area (Å²) in [4.78, 5) is 2.29. The quantitative estimate of drug-likeness (QED) is 0.379. The minimum Gasteiger partial charge on any atom is -0.489 e. The van der Waals surface area contributed by atoms with Gasteiger partial charge in [-0.2, -0.15) is 0 Å². The van der Waals surface area contributed by atoms with E-state index in [4.69, 9.17) is 4.74 Å². The molecule has 0 aromatic heterocycles. The van der Waals surface area contributed by atoms with Crippen molar-refractivity contribution in [1.82, 2.24) is 4.90 Å². The summed E-state index contributed by atoms with van der Waals surface area (Å²) in [7, 11) is 0. The third kappa shape index (κ3) is 7.39. The molecule has 31 heavy (non-hydrogen) atoms. The van der Waals surface area contributed by atoms with Gasteiger partial charge >= 0.3 is 0 Å². The maximum atomic E-state index is 10.8. The molecule has 0 saturated carbocycles. The molecule has 3 nitrogen and oxygen atoms in total.